The standard InChI is InChI=1S/C20H29N3O3/c1-21-20(26)17-10-8-16(9-11-17)14-23(2)19(25)13-22-18(24)12-15-6-4-3-5-7-15/h8-11,15H,3-7,12-14H2,1-2H3,(H,21,26)(H,22,24). The molecule has 1 aliphatic rings. The first kappa shape index (κ1) is 19.9. The van der Waals surface area contributed by atoms with Crippen molar-refractivity contribution in [1.82, 2.24) is 15.5 Å². The number of hydrogen-bond acceptors (Lipinski definition) is 3. The molecule has 1 aromatic rings. The van der Waals surface area contributed by atoms with Crippen LogP contribution in [0.15, 0.2) is 24.3 Å². The predicted molar refractivity (Wildman–Crippen MR) is 101 cm³/mol. The smallest absolute Gasteiger partial charge is 0.251 e. The van der Waals surface area contributed by atoms with Crippen LogP contribution in [-0.4, -0.2) is 43.3 Å². The van der Waals surface area contributed by atoms with Crippen LogP contribution in [-0.2, 0) is 16.1 Å². The first-order chi connectivity index (χ1) is 12.5. The van der Waals surface area contributed by atoms with Crippen LogP contribution in [0.5, 0.6) is 0 Å². The molecule has 1 fully saturated rings. The second-order valence-corrected chi connectivity index (χ2v) is 7.01. The first-order valence-electron chi connectivity index (χ1n) is 9.31. The third kappa shape index (κ3) is 6.17. The summed E-state index contributed by atoms with van der Waals surface area (Å²) in [5.74, 6) is 0.169. The SMILES string of the molecule is CNC(=O)c1ccc(CN(C)C(=O)CNC(=O)CC2CCCCC2)cc1. The Morgan fingerprint density at radius 1 is 1.08 bits per heavy atom. The lowest BCUT2D eigenvalue weighted by Crippen LogP contribution is -2.38. The Balaban J connectivity index is 1.74. The Morgan fingerprint density at radius 3 is 2.35 bits per heavy atom. The van der Waals surface area contributed by atoms with Gasteiger partial charge in [0.1, 0.15) is 0 Å². The Hall–Kier alpha value is -2.37. The summed E-state index contributed by atoms with van der Waals surface area (Å²) in [5, 5.41) is 5.32. The van der Waals surface area contributed by atoms with Gasteiger partial charge in [0.2, 0.25) is 11.8 Å². The number of nitrogens with one attached hydrogen (secondary N) is 2. The molecule has 1 aliphatic carbocycles. The lowest BCUT2D eigenvalue weighted by molar-refractivity contribution is -0.132. The van der Waals surface area contributed by atoms with E-state index in [1.54, 1.807) is 31.1 Å². The zero-order valence-electron chi connectivity index (χ0n) is 15.7. The minimum Gasteiger partial charge on any atom is -0.355 e. The number of carbonyl (C=O) groups excluding carboxylic acids is 3. The quantitative estimate of drug-likeness (QED) is 0.782. The average Bonchev–Trinajstić information content (AvgIpc) is 2.66. The molecule has 6 heteroatoms. The number of rotatable bonds is 7. The number of hydrogen-bond donors (Lipinski definition) is 2. The van der Waals surface area contributed by atoms with Crippen LogP contribution in [0.25, 0.3) is 0 Å². The highest BCUT2D eigenvalue weighted by Gasteiger charge is 2.18. The van der Waals surface area contributed by atoms with Crippen LogP contribution < -0.4 is 10.6 Å². The van der Waals surface area contributed by atoms with Crippen molar-refractivity contribution in [2.75, 3.05) is 20.6 Å². The van der Waals surface area contributed by atoms with Gasteiger partial charge in [-0.05, 0) is 36.5 Å². The summed E-state index contributed by atoms with van der Waals surface area (Å²) in [7, 11) is 3.30. The summed E-state index contributed by atoms with van der Waals surface area (Å²) in [6.45, 7) is 0.462. The van der Waals surface area contributed by atoms with Gasteiger partial charge in [-0.15, -0.1) is 0 Å². The van der Waals surface area contributed by atoms with E-state index in [1.807, 2.05) is 12.1 Å². The highest BCUT2D eigenvalue weighted by Crippen LogP contribution is 2.25. The second-order valence-electron chi connectivity index (χ2n) is 7.01. The van der Waals surface area contributed by atoms with Gasteiger partial charge in [-0.1, -0.05) is 31.4 Å². The Morgan fingerprint density at radius 2 is 1.73 bits per heavy atom. The van der Waals surface area contributed by atoms with E-state index in [0.29, 0.717) is 24.4 Å². The molecule has 6 nitrogen and oxygen atoms in total. The fourth-order valence-corrected chi connectivity index (χ4v) is 3.30. The molecular formula is C20H29N3O3. The average molecular weight is 359 g/mol. The summed E-state index contributed by atoms with van der Waals surface area (Å²) < 4.78 is 0. The minimum atomic E-state index is -0.137. The molecule has 0 aromatic heterocycles. The molecule has 0 aliphatic heterocycles. The number of carbonyl (C=O) groups is 3. The normalized spacial score (nSPS) is 14.5. The highest BCUT2D eigenvalue weighted by molar-refractivity contribution is 5.94. The Kier molecular flexibility index (Phi) is 7.63. The predicted octanol–water partition coefficient (Wildman–Crippen LogP) is 2.09. The number of amides is 3. The van der Waals surface area contributed by atoms with Crippen molar-refractivity contribution in [3.05, 3.63) is 35.4 Å². The molecule has 1 saturated carbocycles. The van der Waals surface area contributed by atoms with Gasteiger partial charge in [0.25, 0.3) is 5.91 Å². The van der Waals surface area contributed by atoms with Crippen LogP contribution in [0.1, 0.15) is 54.4 Å². The molecule has 0 heterocycles. The topological polar surface area (TPSA) is 78.5 Å². The molecule has 1 aromatic carbocycles. The van der Waals surface area contributed by atoms with E-state index in [2.05, 4.69) is 10.6 Å². The number of nitrogens with zero attached hydrogens (tertiary/aromatic N) is 1. The van der Waals surface area contributed by atoms with Gasteiger partial charge in [-0.3, -0.25) is 14.4 Å². The monoisotopic (exact) mass is 359 g/mol. The molecule has 3 amide bonds. The van der Waals surface area contributed by atoms with E-state index in [1.165, 1.54) is 19.3 Å². The van der Waals surface area contributed by atoms with Gasteiger partial charge in [-0.2, -0.15) is 0 Å². The van der Waals surface area contributed by atoms with Gasteiger partial charge in [0, 0.05) is 32.6 Å². The maximum atomic E-state index is 12.2. The van der Waals surface area contributed by atoms with Gasteiger partial charge in [0.15, 0.2) is 0 Å². The van der Waals surface area contributed by atoms with Crippen molar-refractivity contribution in [3.63, 3.8) is 0 Å². The highest BCUT2D eigenvalue weighted by atomic mass is 16.2. The third-order valence-electron chi connectivity index (χ3n) is 4.92. The Labute approximate surface area is 155 Å². The molecule has 0 radical (unpaired) electrons. The minimum absolute atomic E-state index is 0.0262. The van der Waals surface area contributed by atoms with E-state index >= 15 is 0 Å². The maximum absolute atomic E-state index is 12.2. The van der Waals surface area contributed by atoms with Crippen LogP contribution in [0, 0.1) is 5.92 Å². The molecule has 0 spiro atoms. The third-order valence-corrected chi connectivity index (χ3v) is 4.92. The largest absolute Gasteiger partial charge is 0.355 e. The van der Waals surface area contributed by atoms with Crippen molar-refractivity contribution < 1.29 is 14.4 Å². The molecule has 0 saturated heterocycles. The summed E-state index contributed by atoms with van der Waals surface area (Å²) in [6.07, 6.45) is 6.45. The fraction of sp³-hybridized carbons (Fsp3) is 0.550. The molecule has 0 bridgehead atoms. The van der Waals surface area contributed by atoms with Crippen molar-refractivity contribution in [3.8, 4) is 0 Å². The van der Waals surface area contributed by atoms with E-state index < -0.39 is 0 Å². The molecule has 26 heavy (non-hydrogen) atoms. The first-order valence-corrected chi connectivity index (χ1v) is 9.31. The number of benzene rings is 1. The lowest BCUT2D eigenvalue weighted by Gasteiger charge is -2.21. The van der Waals surface area contributed by atoms with E-state index in [4.69, 9.17) is 0 Å². The molecule has 0 atom stereocenters. The number of likely N-dealkylation sites (N-methyl/N-ethyl adjacent to an activating group) is 1. The fourth-order valence-electron chi connectivity index (χ4n) is 3.30. The van der Waals surface area contributed by atoms with Crippen LogP contribution in [0.4, 0.5) is 0 Å². The summed E-state index contributed by atoms with van der Waals surface area (Å²) in [6, 6.07) is 7.13. The van der Waals surface area contributed by atoms with E-state index in [9.17, 15) is 14.4 Å². The zero-order chi connectivity index (χ0) is 18.9. The van der Waals surface area contributed by atoms with Gasteiger partial charge >= 0.3 is 0 Å². The van der Waals surface area contributed by atoms with Crippen LogP contribution in [0.3, 0.4) is 0 Å². The molecule has 2 rings (SSSR count). The lowest BCUT2D eigenvalue weighted by atomic mass is 9.87. The van der Waals surface area contributed by atoms with Crippen LogP contribution in [0.2, 0.25) is 0 Å². The summed E-state index contributed by atoms with van der Waals surface area (Å²) >= 11 is 0. The summed E-state index contributed by atoms with van der Waals surface area (Å²) in [4.78, 5) is 37.3. The van der Waals surface area contributed by atoms with E-state index in [-0.39, 0.29) is 24.3 Å². The van der Waals surface area contributed by atoms with Gasteiger partial charge in [-0.25, -0.2) is 0 Å². The van der Waals surface area contributed by atoms with Crippen LogP contribution >= 0.6 is 0 Å². The zero-order valence-corrected chi connectivity index (χ0v) is 15.7. The second kappa shape index (κ2) is 9.94. The molecule has 0 unspecified atom stereocenters. The molecule has 142 valence electrons. The molecular weight excluding hydrogens is 330 g/mol. The van der Waals surface area contributed by atoms with Crippen molar-refractivity contribution in [1.29, 1.82) is 0 Å². The van der Waals surface area contributed by atoms with E-state index in [0.717, 1.165) is 18.4 Å². The van der Waals surface area contributed by atoms with Gasteiger partial charge < -0.3 is 15.5 Å². The molecule has 2 N–H and O–H groups in total. The summed E-state index contributed by atoms with van der Waals surface area (Å²) in [5.41, 5.74) is 1.52. The Bertz CT molecular complexity index is 622. The van der Waals surface area contributed by atoms with Gasteiger partial charge in [0.05, 0.1) is 6.54 Å². The van der Waals surface area contributed by atoms with Crippen molar-refractivity contribution >= 4 is 17.7 Å². The van der Waals surface area contributed by atoms with Crippen molar-refractivity contribution in [2.24, 2.45) is 5.92 Å². The van der Waals surface area contributed by atoms with Crippen molar-refractivity contribution in [2.45, 2.75) is 45.1 Å². The maximum Gasteiger partial charge on any atom is 0.251 e.